The molecule has 1 aromatic rings. The van der Waals surface area contributed by atoms with E-state index in [9.17, 15) is 4.79 Å². The van der Waals surface area contributed by atoms with Crippen molar-refractivity contribution >= 4 is 11.6 Å². The molecule has 0 spiro atoms. The molecule has 0 saturated carbocycles. The van der Waals surface area contributed by atoms with Gasteiger partial charge in [-0.3, -0.25) is 4.79 Å². The molecule has 4 nitrogen and oxygen atoms in total. The van der Waals surface area contributed by atoms with Crippen molar-refractivity contribution in [3.8, 4) is 0 Å². The number of likely N-dealkylation sites (N-methyl/N-ethyl adjacent to an activating group) is 1. The van der Waals surface area contributed by atoms with Crippen LogP contribution in [0.5, 0.6) is 0 Å². The molecular weight excluding hydrogens is 238 g/mol. The summed E-state index contributed by atoms with van der Waals surface area (Å²) in [5.74, 6) is 0.0255. The van der Waals surface area contributed by atoms with Gasteiger partial charge in [0.05, 0.1) is 6.42 Å². The highest BCUT2D eigenvalue weighted by atomic mass is 16.1. The lowest BCUT2D eigenvalue weighted by atomic mass is 10.1. The summed E-state index contributed by atoms with van der Waals surface area (Å²) < 4.78 is 0. The summed E-state index contributed by atoms with van der Waals surface area (Å²) >= 11 is 0. The number of hydrogen-bond donors (Lipinski definition) is 2. The van der Waals surface area contributed by atoms with Crippen LogP contribution in [0.25, 0.3) is 0 Å². The van der Waals surface area contributed by atoms with E-state index in [1.165, 1.54) is 0 Å². The van der Waals surface area contributed by atoms with Crippen molar-refractivity contribution < 1.29 is 4.79 Å². The molecule has 19 heavy (non-hydrogen) atoms. The predicted octanol–water partition coefficient (Wildman–Crippen LogP) is 1.66. The Morgan fingerprint density at radius 1 is 1.32 bits per heavy atom. The van der Waals surface area contributed by atoms with Crippen molar-refractivity contribution in [1.29, 1.82) is 0 Å². The number of hydrogen-bond acceptors (Lipinski definition) is 3. The van der Waals surface area contributed by atoms with Gasteiger partial charge in [0, 0.05) is 18.3 Å². The number of nitrogens with two attached hydrogens (primary N) is 1. The minimum Gasteiger partial charge on any atom is -0.398 e. The zero-order valence-electron chi connectivity index (χ0n) is 12.1. The molecular formula is C15H25N3O. The number of carbonyl (C=O) groups excluding carboxylic acids is 1. The first-order valence-electron chi connectivity index (χ1n) is 6.91. The number of nitrogens with zero attached hydrogens (tertiary/aromatic N) is 1. The van der Waals surface area contributed by atoms with Crippen LogP contribution in [0.1, 0.15) is 26.3 Å². The Hall–Kier alpha value is -1.55. The van der Waals surface area contributed by atoms with Crippen molar-refractivity contribution in [3.63, 3.8) is 0 Å². The van der Waals surface area contributed by atoms with E-state index in [1.54, 1.807) is 0 Å². The van der Waals surface area contributed by atoms with E-state index < -0.39 is 0 Å². The Morgan fingerprint density at radius 3 is 2.53 bits per heavy atom. The molecule has 0 aliphatic rings. The molecule has 0 aliphatic carbocycles. The normalized spacial score (nSPS) is 12.4. The molecule has 0 fully saturated rings. The van der Waals surface area contributed by atoms with Crippen LogP contribution in [0.3, 0.4) is 0 Å². The number of anilines is 1. The smallest absolute Gasteiger partial charge is 0.224 e. The third-order valence-electron chi connectivity index (χ3n) is 3.24. The molecule has 1 atom stereocenters. The zero-order valence-corrected chi connectivity index (χ0v) is 12.1. The first-order chi connectivity index (χ1) is 9.06. The number of rotatable bonds is 7. The van der Waals surface area contributed by atoms with Gasteiger partial charge < -0.3 is 16.0 Å². The fourth-order valence-corrected chi connectivity index (χ4v) is 2.11. The SMILES string of the molecule is CCN(CC)CC(C)NC(=O)Cc1ccccc1N. The van der Waals surface area contributed by atoms with E-state index in [-0.39, 0.29) is 11.9 Å². The van der Waals surface area contributed by atoms with Crippen molar-refractivity contribution in [2.75, 3.05) is 25.4 Å². The molecule has 4 heteroatoms. The van der Waals surface area contributed by atoms with Gasteiger partial charge in [-0.2, -0.15) is 0 Å². The Bertz CT molecular complexity index is 402. The molecule has 106 valence electrons. The van der Waals surface area contributed by atoms with Gasteiger partial charge in [0.15, 0.2) is 0 Å². The standard InChI is InChI=1S/C15H25N3O/c1-4-18(5-2)11-12(3)17-15(19)10-13-8-6-7-9-14(13)16/h6-9,12H,4-5,10-11,16H2,1-3H3,(H,17,19). The minimum atomic E-state index is 0.0255. The van der Waals surface area contributed by atoms with Crippen LogP contribution in [0.4, 0.5) is 5.69 Å². The quantitative estimate of drug-likeness (QED) is 0.736. The van der Waals surface area contributed by atoms with Crippen LogP contribution >= 0.6 is 0 Å². The summed E-state index contributed by atoms with van der Waals surface area (Å²) in [6, 6.07) is 7.64. The maximum atomic E-state index is 11.9. The van der Waals surface area contributed by atoms with Crippen LogP contribution in [0.15, 0.2) is 24.3 Å². The second kappa shape index (κ2) is 7.79. The average molecular weight is 263 g/mol. The van der Waals surface area contributed by atoms with Gasteiger partial charge in [0.25, 0.3) is 0 Å². The Morgan fingerprint density at radius 2 is 1.95 bits per heavy atom. The Kier molecular flexibility index (Phi) is 6.36. The number of benzene rings is 1. The fraction of sp³-hybridized carbons (Fsp3) is 0.533. The second-order valence-electron chi connectivity index (χ2n) is 4.83. The maximum absolute atomic E-state index is 11.9. The van der Waals surface area contributed by atoms with Gasteiger partial charge in [-0.15, -0.1) is 0 Å². The first-order valence-corrected chi connectivity index (χ1v) is 6.91. The number of amides is 1. The van der Waals surface area contributed by atoms with Gasteiger partial charge in [-0.05, 0) is 31.6 Å². The van der Waals surface area contributed by atoms with Gasteiger partial charge >= 0.3 is 0 Å². The summed E-state index contributed by atoms with van der Waals surface area (Å²) in [6.07, 6.45) is 0.343. The highest BCUT2D eigenvalue weighted by Gasteiger charge is 2.11. The van der Waals surface area contributed by atoms with Crippen molar-refractivity contribution in [2.24, 2.45) is 0 Å². The molecule has 1 unspecified atom stereocenters. The lowest BCUT2D eigenvalue weighted by Crippen LogP contribution is -2.42. The third kappa shape index (κ3) is 5.30. The number of para-hydroxylation sites is 1. The Labute approximate surface area is 116 Å². The third-order valence-corrected chi connectivity index (χ3v) is 3.24. The van der Waals surface area contributed by atoms with Gasteiger partial charge in [-0.25, -0.2) is 0 Å². The number of carbonyl (C=O) groups is 1. The molecule has 0 saturated heterocycles. The highest BCUT2D eigenvalue weighted by molar-refractivity contribution is 5.80. The summed E-state index contributed by atoms with van der Waals surface area (Å²) in [4.78, 5) is 14.2. The molecule has 0 radical (unpaired) electrons. The van der Waals surface area contributed by atoms with Crippen LogP contribution < -0.4 is 11.1 Å². The van der Waals surface area contributed by atoms with Crippen LogP contribution in [-0.2, 0) is 11.2 Å². The fourth-order valence-electron chi connectivity index (χ4n) is 2.11. The van der Waals surface area contributed by atoms with Gasteiger partial charge in [0.2, 0.25) is 5.91 Å². The van der Waals surface area contributed by atoms with E-state index in [0.717, 1.165) is 25.2 Å². The molecule has 0 aromatic heterocycles. The topological polar surface area (TPSA) is 58.4 Å². The lowest BCUT2D eigenvalue weighted by molar-refractivity contribution is -0.121. The zero-order chi connectivity index (χ0) is 14.3. The molecule has 3 N–H and O–H groups in total. The minimum absolute atomic E-state index is 0.0255. The molecule has 1 rings (SSSR count). The van der Waals surface area contributed by atoms with Crippen LogP contribution in [0, 0.1) is 0 Å². The lowest BCUT2D eigenvalue weighted by Gasteiger charge is -2.23. The summed E-state index contributed by atoms with van der Waals surface area (Å²) in [7, 11) is 0. The van der Waals surface area contributed by atoms with E-state index in [1.807, 2.05) is 31.2 Å². The molecule has 1 amide bonds. The maximum Gasteiger partial charge on any atom is 0.224 e. The second-order valence-corrected chi connectivity index (χ2v) is 4.83. The van der Waals surface area contributed by atoms with Gasteiger partial charge in [-0.1, -0.05) is 32.0 Å². The van der Waals surface area contributed by atoms with Crippen LogP contribution in [0.2, 0.25) is 0 Å². The van der Waals surface area contributed by atoms with Crippen molar-refractivity contribution in [2.45, 2.75) is 33.2 Å². The van der Waals surface area contributed by atoms with Crippen LogP contribution in [-0.4, -0.2) is 36.5 Å². The Balaban J connectivity index is 2.45. The summed E-state index contributed by atoms with van der Waals surface area (Å²) in [5, 5.41) is 3.02. The predicted molar refractivity (Wildman–Crippen MR) is 80.0 cm³/mol. The number of nitrogens with one attached hydrogen (secondary N) is 1. The number of nitrogen functional groups attached to an aromatic ring is 1. The summed E-state index contributed by atoms with van der Waals surface area (Å²) in [5.41, 5.74) is 7.39. The first kappa shape index (κ1) is 15.5. The van der Waals surface area contributed by atoms with Gasteiger partial charge in [0.1, 0.15) is 0 Å². The van der Waals surface area contributed by atoms with E-state index in [4.69, 9.17) is 5.73 Å². The van der Waals surface area contributed by atoms with Crippen molar-refractivity contribution in [3.05, 3.63) is 29.8 Å². The largest absolute Gasteiger partial charge is 0.398 e. The van der Waals surface area contributed by atoms with E-state index in [0.29, 0.717) is 12.1 Å². The van der Waals surface area contributed by atoms with E-state index in [2.05, 4.69) is 24.1 Å². The highest BCUT2D eigenvalue weighted by Crippen LogP contribution is 2.10. The summed E-state index contributed by atoms with van der Waals surface area (Å²) in [6.45, 7) is 9.17. The molecule has 1 aromatic carbocycles. The molecule has 0 heterocycles. The monoisotopic (exact) mass is 263 g/mol. The van der Waals surface area contributed by atoms with E-state index >= 15 is 0 Å². The molecule has 0 bridgehead atoms. The molecule has 0 aliphatic heterocycles. The average Bonchev–Trinajstić information content (AvgIpc) is 2.38. The van der Waals surface area contributed by atoms with Crippen molar-refractivity contribution in [1.82, 2.24) is 10.2 Å².